The third-order valence-corrected chi connectivity index (χ3v) is 2.39. The fourth-order valence-electron chi connectivity index (χ4n) is 1.68. The first kappa shape index (κ1) is 10.3. The summed E-state index contributed by atoms with van der Waals surface area (Å²) in [7, 11) is 1.42. The van der Waals surface area contributed by atoms with E-state index in [4.69, 9.17) is 9.84 Å². The van der Waals surface area contributed by atoms with E-state index in [9.17, 15) is 9.90 Å². The monoisotopic (exact) mass is 218 g/mol. The van der Waals surface area contributed by atoms with Gasteiger partial charge in [0.25, 0.3) is 0 Å². The zero-order valence-corrected chi connectivity index (χ0v) is 8.60. The molecule has 2 aromatic carbocycles. The van der Waals surface area contributed by atoms with Crippen molar-refractivity contribution in [3.8, 4) is 11.5 Å². The highest BCUT2D eigenvalue weighted by atomic mass is 16.5. The molecule has 4 nitrogen and oxygen atoms in total. The van der Waals surface area contributed by atoms with E-state index in [1.54, 1.807) is 18.2 Å². The molecule has 0 heterocycles. The van der Waals surface area contributed by atoms with Crippen LogP contribution < -0.4 is 4.74 Å². The summed E-state index contributed by atoms with van der Waals surface area (Å²) in [5.74, 6) is -0.588. The second-order valence-corrected chi connectivity index (χ2v) is 3.36. The standard InChI is InChI=1S/C12H10O4/c1-16-11-9-5-3-8(13)6-7(9)2-4-10(11)12(14)15/h2-6,13H,1H3,(H,14,15). The quantitative estimate of drug-likeness (QED) is 0.811. The van der Waals surface area contributed by atoms with E-state index >= 15 is 0 Å². The van der Waals surface area contributed by atoms with Gasteiger partial charge in [-0.1, -0.05) is 6.07 Å². The molecule has 0 unspecified atom stereocenters. The van der Waals surface area contributed by atoms with Crippen LogP contribution in [0.3, 0.4) is 0 Å². The predicted molar refractivity (Wildman–Crippen MR) is 59.1 cm³/mol. The smallest absolute Gasteiger partial charge is 0.339 e. The van der Waals surface area contributed by atoms with Crippen LogP contribution in [0.1, 0.15) is 10.4 Å². The molecule has 0 aliphatic heterocycles. The molecule has 2 rings (SSSR count). The van der Waals surface area contributed by atoms with Crippen molar-refractivity contribution in [1.29, 1.82) is 0 Å². The Labute approximate surface area is 91.7 Å². The van der Waals surface area contributed by atoms with Crippen molar-refractivity contribution in [2.75, 3.05) is 7.11 Å². The Kier molecular flexibility index (Phi) is 2.40. The summed E-state index contributed by atoms with van der Waals surface area (Å²) in [5.41, 5.74) is 0.112. The van der Waals surface area contributed by atoms with E-state index in [0.717, 1.165) is 5.39 Å². The average Bonchev–Trinajstić information content (AvgIpc) is 2.26. The Morgan fingerprint density at radius 1 is 1.25 bits per heavy atom. The molecule has 0 spiro atoms. The minimum Gasteiger partial charge on any atom is -0.508 e. The summed E-state index contributed by atoms with van der Waals surface area (Å²) in [6, 6.07) is 7.79. The number of hydrogen-bond acceptors (Lipinski definition) is 3. The first-order valence-corrected chi connectivity index (χ1v) is 4.66. The largest absolute Gasteiger partial charge is 0.508 e. The Hall–Kier alpha value is -2.23. The van der Waals surface area contributed by atoms with Crippen molar-refractivity contribution in [1.82, 2.24) is 0 Å². The van der Waals surface area contributed by atoms with Crippen molar-refractivity contribution >= 4 is 16.7 Å². The number of methoxy groups -OCH3 is 1. The van der Waals surface area contributed by atoms with Crippen molar-refractivity contribution in [2.24, 2.45) is 0 Å². The highest BCUT2D eigenvalue weighted by Gasteiger charge is 2.13. The molecule has 2 aromatic rings. The summed E-state index contributed by atoms with van der Waals surface area (Å²) in [5, 5.41) is 19.7. The minimum atomic E-state index is -1.04. The number of fused-ring (bicyclic) bond motifs is 1. The molecule has 0 aliphatic rings. The number of ether oxygens (including phenoxy) is 1. The van der Waals surface area contributed by atoms with Gasteiger partial charge in [-0.25, -0.2) is 4.79 Å². The molecule has 0 fully saturated rings. The Balaban J connectivity index is 2.80. The lowest BCUT2D eigenvalue weighted by atomic mass is 10.0. The van der Waals surface area contributed by atoms with Gasteiger partial charge in [0.15, 0.2) is 0 Å². The van der Waals surface area contributed by atoms with Gasteiger partial charge in [-0.3, -0.25) is 0 Å². The fourth-order valence-corrected chi connectivity index (χ4v) is 1.68. The second-order valence-electron chi connectivity index (χ2n) is 3.36. The molecule has 0 aliphatic carbocycles. The first-order valence-electron chi connectivity index (χ1n) is 4.66. The molecule has 0 radical (unpaired) electrons. The summed E-state index contributed by atoms with van der Waals surface area (Å²) < 4.78 is 5.10. The molecule has 4 heteroatoms. The van der Waals surface area contributed by atoms with Gasteiger partial charge in [-0.2, -0.15) is 0 Å². The minimum absolute atomic E-state index is 0.112. The lowest BCUT2D eigenvalue weighted by Gasteiger charge is -2.08. The van der Waals surface area contributed by atoms with Gasteiger partial charge in [0.05, 0.1) is 7.11 Å². The Morgan fingerprint density at radius 3 is 2.62 bits per heavy atom. The number of carbonyl (C=O) groups is 1. The first-order chi connectivity index (χ1) is 7.63. The summed E-state index contributed by atoms with van der Waals surface area (Å²) in [6.45, 7) is 0. The predicted octanol–water partition coefficient (Wildman–Crippen LogP) is 2.25. The average molecular weight is 218 g/mol. The SMILES string of the molecule is COc1c(C(=O)O)ccc2cc(O)ccc12. The molecule has 82 valence electrons. The molecule has 0 aromatic heterocycles. The maximum atomic E-state index is 11.0. The van der Waals surface area contributed by atoms with E-state index in [1.807, 2.05) is 0 Å². The zero-order chi connectivity index (χ0) is 11.7. The normalized spacial score (nSPS) is 10.3. The van der Waals surface area contributed by atoms with Gasteiger partial charge in [0, 0.05) is 5.39 Å². The number of aromatic carboxylic acids is 1. The van der Waals surface area contributed by atoms with Gasteiger partial charge in [0.2, 0.25) is 0 Å². The van der Waals surface area contributed by atoms with E-state index in [1.165, 1.54) is 19.2 Å². The topological polar surface area (TPSA) is 66.8 Å². The fraction of sp³-hybridized carbons (Fsp3) is 0.0833. The zero-order valence-electron chi connectivity index (χ0n) is 8.60. The van der Waals surface area contributed by atoms with Crippen molar-refractivity contribution < 1.29 is 19.7 Å². The number of hydrogen-bond donors (Lipinski definition) is 2. The van der Waals surface area contributed by atoms with Crippen LogP contribution in [-0.4, -0.2) is 23.3 Å². The number of phenols is 1. The Morgan fingerprint density at radius 2 is 2.00 bits per heavy atom. The molecule has 0 saturated heterocycles. The van der Waals surface area contributed by atoms with Crippen LogP contribution in [0.4, 0.5) is 0 Å². The van der Waals surface area contributed by atoms with E-state index in [2.05, 4.69) is 0 Å². The molecule has 0 amide bonds. The van der Waals surface area contributed by atoms with Crippen LogP contribution in [0.5, 0.6) is 11.5 Å². The lowest BCUT2D eigenvalue weighted by Crippen LogP contribution is -2.00. The van der Waals surface area contributed by atoms with Crippen molar-refractivity contribution in [3.05, 3.63) is 35.9 Å². The number of phenolic OH excluding ortho intramolecular Hbond substituents is 1. The van der Waals surface area contributed by atoms with Gasteiger partial charge >= 0.3 is 5.97 Å². The molecule has 0 atom stereocenters. The number of benzene rings is 2. The van der Waals surface area contributed by atoms with Crippen LogP contribution in [0.2, 0.25) is 0 Å². The van der Waals surface area contributed by atoms with Gasteiger partial charge in [-0.05, 0) is 29.7 Å². The molecule has 16 heavy (non-hydrogen) atoms. The number of aromatic hydroxyl groups is 1. The van der Waals surface area contributed by atoms with Crippen LogP contribution >= 0.6 is 0 Å². The molecule has 0 bridgehead atoms. The summed E-state index contributed by atoms with van der Waals surface area (Å²) in [4.78, 5) is 11.0. The third-order valence-electron chi connectivity index (χ3n) is 2.39. The number of rotatable bonds is 2. The molecule has 2 N–H and O–H groups in total. The molecular formula is C12H10O4. The Bertz CT molecular complexity index is 560. The van der Waals surface area contributed by atoms with Crippen LogP contribution in [-0.2, 0) is 0 Å². The van der Waals surface area contributed by atoms with Gasteiger partial charge in [-0.15, -0.1) is 0 Å². The maximum Gasteiger partial charge on any atom is 0.339 e. The maximum absolute atomic E-state index is 11.0. The second kappa shape index (κ2) is 3.73. The molecular weight excluding hydrogens is 208 g/mol. The van der Waals surface area contributed by atoms with Gasteiger partial charge < -0.3 is 14.9 Å². The number of carboxylic acid groups (broad SMARTS) is 1. The van der Waals surface area contributed by atoms with Crippen LogP contribution in [0.15, 0.2) is 30.3 Å². The lowest BCUT2D eigenvalue weighted by molar-refractivity contribution is 0.0693. The number of carboxylic acids is 1. The third kappa shape index (κ3) is 1.54. The van der Waals surface area contributed by atoms with Crippen LogP contribution in [0, 0.1) is 0 Å². The van der Waals surface area contributed by atoms with Gasteiger partial charge in [0.1, 0.15) is 17.1 Å². The van der Waals surface area contributed by atoms with E-state index < -0.39 is 5.97 Å². The highest BCUT2D eigenvalue weighted by Crippen LogP contribution is 2.31. The van der Waals surface area contributed by atoms with Crippen molar-refractivity contribution in [2.45, 2.75) is 0 Å². The molecule has 0 saturated carbocycles. The van der Waals surface area contributed by atoms with Crippen molar-refractivity contribution in [3.63, 3.8) is 0 Å². The van der Waals surface area contributed by atoms with Crippen LogP contribution in [0.25, 0.3) is 10.8 Å². The summed E-state index contributed by atoms with van der Waals surface area (Å²) >= 11 is 0. The van der Waals surface area contributed by atoms with E-state index in [-0.39, 0.29) is 11.3 Å². The summed E-state index contributed by atoms with van der Waals surface area (Å²) in [6.07, 6.45) is 0. The highest BCUT2D eigenvalue weighted by molar-refractivity contribution is 6.00. The van der Waals surface area contributed by atoms with E-state index in [0.29, 0.717) is 11.1 Å².